The lowest BCUT2D eigenvalue weighted by Gasteiger charge is -2.50. The smallest absolute Gasteiger partial charge is 0.302 e. The molecule has 10 atom stereocenters. The van der Waals surface area contributed by atoms with Crippen LogP contribution in [0.2, 0.25) is 0 Å². The maximum Gasteiger partial charge on any atom is 0.302 e. The summed E-state index contributed by atoms with van der Waals surface area (Å²) in [5.74, 6) is -1.81. The molecule has 1 N–H and O–H groups in total. The van der Waals surface area contributed by atoms with E-state index in [9.17, 15) is 19.5 Å². The van der Waals surface area contributed by atoms with Gasteiger partial charge in [0.05, 0.1) is 50.8 Å². The first-order valence-electron chi connectivity index (χ1n) is 25.2. The molecule has 75 heavy (non-hydrogen) atoms. The fraction of sp³-hybridized carbons (Fsp3) is 0.295. The number of amides is 2. The molecule has 0 bridgehead atoms. The minimum absolute atomic E-state index is 0.0171. The van der Waals surface area contributed by atoms with Crippen LogP contribution in [-0.2, 0) is 80.5 Å². The van der Waals surface area contributed by atoms with Gasteiger partial charge in [0.2, 0.25) is 0 Å². The van der Waals surface area contributed by atoms with Gasteiger partial charge in [-0.05, 0) is 56.8 Å². The molecule has 386 valence electrons. The Balaban J connectivity index is 1.07. The van der Waals surface area contributed by atoms with Gasteiger partial charge in [-0.1, -0.05) is 170 Å². The van der Waals surface area contributed by atoms with Crippen LogP contribution < -0.4 is 0 Å². The molecule has 1 unspecified atom stereocenters. The van der Waals surface area contributed by atoms with Gasteiger partial charge in [0.25, 0.3) is 11.8 Å². The van der Waals surface area contributed by atoms with E-state index in [1.165, 1.54) is 6.92 Å². The highest BCUT2D eigenvalue weighted by atomic mass is 16.7. The fourth-order valence-electron chi connectivity index (χ4n) is 9.88. The second-order valence-corrected chi connectivity index (χ2v) is 18.8. The Bertz CT molecular complexity index is 2950. The summed E-state index contributed by atoms with van der Waals surface area (Å²) in [6.45, 7) is 1.42. The molecular weight excluding hydrogens is 955 g/mol. The van der Waals surface area contributed by atoms with Gasteiger partial charge in [-0.25, -0.2) is 0 Å². The Morgan fingerprint density at radius 3 is 1.52 bits per heavy atom. The number of benzene rings is 7. The maximum absolute atomic E-state index is 14.4. The lowest BCUT2D eigenvalue weighted by molar-refractivity contribution is -0.364. The number of ether oxygens (including phenoxy) is 9. The van der Waals surface area contributed by atoms with Gasteiger partial charge < -0.3 is 47.7 Å². The third kappa shape index (κ3) is 12.4. The van der Waals surface area contributed by atoms with E-state index in [1.807, 2.05) is 158 Å². The van der Waals surface area contributed by atoms with Crippen molar-refractivity contribution in [3.8, 4) is 0 Å². The first-order chi connectivity index (χ1) is 36.8. The Morgan fingerprint density at radius 2 is 0.947 bits per heavy atom. The van der Waals surface area contributed by atoms with Gasteiger partial charge in [-0.3, -0.25) is 19.3 Å². The zero-order valence-electron chi connectivity index (χ0n) is 41.4. The van der Waals surface area contributed by atoms with Gasteiger partial charge in [0.1, 0.15) is 55.4 Å². The summed E-state index contributed by atoms with van der Waals surface area (Å²) in [7, 11) is 0. The van der Waals surface area contributed by atoms with Crippen molar-refractivity contribution in [3.05, 3.63) is 227 Å². The molecule has 7 aromatic rings. The highest BCUT2D eigenvalue weighted by molar-refractivity contribution is 6.21. The van der Waals surface area contributed by atoms with Crippen LogP contribution in [-0.4, -0.2) is 102 Å². The van der Waals surface area contributed by atoms with Gasteiger partial charge in [-0.15, -0.1) is 0 Å². The molecule has 0 spiro atoms. The van der Waals surface area contributed by atoms with Crippen molar-refractivity contribution in [1.82, 2.24) is 4.90 Å². The summed E-state index contributed by atoms with van der Waals surface area (Å²) in [6.07, 6.45) is -10.8. The van der Waals surface area contributed by atoms with E-state index in [4.69, 9.17) is 42.6 Å². The summed E-state index contributed by atoms with van der Waals surface area (Å²) in [5.41, 5.74) is 4.61. The first kappa shape index (κ1) is 51.5. The molecule has 14 nitrogen and oxygen atoms in total. The number of aliphatic hydroxyl groups is 1. The molecule has 7 aromatic carbocycles. The summed E-state index contributed by atoms with van der Waals surface area (Å²) in [5, 5.41) is 14.3. The molecule has 3 aliphatic heterocycles. The minimum Gasteiger partial charge on any atom is -0.463 e. The zero-order valence-corrected chi connectivity index (χ0v) is 41.4. The monoisotopic (exact) mass is 1010 g/mol. The Hall–Kier alpha value is -6.95. The number of imide groups is 1. The molecule has 2 fully saturated rings. The molecular formula is C61H59NO13. The first-order valence-corrected chi connectivity index (χ1v) is 25.2. The molecule has 14 heteroatoms. The van der Waals surface area contributed by atoms with E-state index in [-0.39, 0.29) is 57.4 Å². The van der Waals surface area contributed by atoms with Crippen LogP contribution in [0, 0.1) is 0 Å². The van der Waals surface area contributed by atoms with E-state index < -0.39 is 79.1 Å². The lowest BCUT2D eigenvalue weighted by Crippen LogP contribution is -2.69. The van der Waals surface area contributed by atoms with Crippen molar-refractivity contribution in [1.29, 1.82) is 0 Å². The predicted molar refractivity (Wildman–Crippen MR) is 275 cm³/mol. The molecule has 2 amide bonds. The fourth-order valence-corrected chi connectivity index (χ4v) is 9.88. The Morgan fingerprint density at radius 1 is 0.480 bits per heavy atom. The number of hydrogen-bond acceptors (Lipinski definition) is 13. The van der Waals surface area contributed by atoms with Crippen molar-refractivity contribution < 1.29 is 62.1 Å². The number of fused-ring (bicyclic) bond motifs is 2. The molecule has 0 aromatic heterocycles. The molecule has 3 heterocycles. The van der Waals surface area contributed by atoms with Gasteiger partial charge >= 0.3 is 5.97 Å². The summed E-state index contributed by atoms with van der Waals surface area (Å²) < 4.78 is 60.6. The number of aliphatic hydroxyl groups excluding tert-OH is 1. The molecule has 0 radical (unpaired) electrons. The maximum atomic E-state index is 14.4. The molecule has 10 rings (SSSR count). The average molecular weight is 1010 g/mol. The number of carbonyl (C=O) groups is 3. The van der Waals surface area contributed by atoms with E-state index in [2.05, 4.69) is 6.07 Å². The molecule has 0 saturated carbocycles. The molecule has 2 saturated heterocycles. The number of esters is 1. The van der Waals surface area contributed by atoms with Gasteiger partial charge in [-0.2, -0.15) is 0 Å². The third-order valence-electron chi connectivity index (χ3n) is 13.6. The van der Waals surface area contributed by atoms with E-state index in [0.29, 0.717) is 0 Å². The molecule has 3 aliphatic rings. The van der Waals surface area contributed by atoms with Crippen LogP contribution in [0.1, 0.15) is 55.5 Å². The van der Waals surface area contributed by atoms with Crippen LogP contribution in [0.3, 0.4) is 0 Å². The van der Waals surface area contributed by atoms with Gasteiger partial charge in [0, 0.05) is 6.92 Å². The minimum atomic E-state index is -1.76. The predicted octanol–water partition coefficient (Wildman–Crippen LogP) is 8.75. The Kier molecular flexibility index (Phi) is 16.9. The average Bonchev–Trinajstić information content (AvgIpc) is 3.70. The van der Waals surface area contributed by atoms with E-state index in [1.54, 1.807) is 24.3 Å². The quantitative estimate of drug-likeness (QED) is 0.0539. The summed E-state index contributed by atoms with van der Waals surface area (Å²) in [4.78, 5) is 42.5. The van der Waals surface area contributed by atoms with Crippen molar-refractivity contribution in [2.45, 2.75) is 101 Å². The van der Waals surface area contributed by atoms with Crippen LogP contribution in [0.5, 0.6) is 0 Å². The van der Waals surface area contributed by atoms with Crippen LogP contribution in [0.25, 0.3) is 10.8 Å². The standard InChI is InChI=1S/C61H59NO13/c1-40(63)68-39-51-53(69-34-42-20-8-3-9-21-42)56(71-37-45-30-31-46-26-14-15-27-47(46)32-45)57(72-36-44-24-12-5-13-25-44)61(74-51)75-54-50(38-67-33-41-18-6-2-7-19-41)73-60(66)52(55(54)70-35-43-22-10-4-11-23-43)62-58(64)48-28-16-17-29-49(48)59(62)65/h2-32,50-57,60-61,66H,33-39H2,1H3/t50-,51-,52-,53-,54-,55-,56+,57+,60?,61+/m1/s1. The van der Waals surface area contributed by atoms with Crippen molar-refractivity contribution in [3.63, 3.8) is 0 Å². The number of nitrogens with zero attached hydrogens (tertiary/aromatic N) is 1. The molecule has 0 aliphatic carbocycles. The largest absolute Gasteiger partial charge is 0.463 e. The van der Waals surface area contributed by atoms with Crippen molar-refractivity contribution in [2.24, 2.45) is 0 Å². The van der Waals surface area contributed by atoms with Crippen molar-refractivity contribution in [2.75, 3.05) is 13.2 Å². The van der Waals surface area contributed by atoms with Crippen LogP contribution in [0.4, 0.5) is 0 Å². The topological polar surface area (TPSA) is 158 Å². The summed E-state index contributed by atoms with van der Waals surface area (Å²) in [6, 6.07) is 57.5. The van der Waals surface area contributed by atoms with E-state index in [0.717, 1.165) is 43.5 Å². The van der Waals surface area contributed by atoms with Crippen molar-refractivity contribution >= 4 is 28.6 Å². The summed E-state index contributed by atoms with van der Waals surface area (Å²) >= 11 is 0. The second-order valence-electron chi connectivity index (χ2n) is 18.8. The number of hydrogen-bond donors (Lipinski definition) is 1. The Labute approximate surface area is 435 Å². The lowest BCUT2D eigenvalue weighted by atomic mass is 9.93. The second kappa shape index (κ2) is 24.6. The highest BCUT2D eigenvalue weighted by Crippen LogP contribution is 2.39. The number of rotatable bonds is 21. The van der Waals surface area contributed by atoms with Crippen LogP contribution >= 0.6 is 0 Å². The normalized spacial score (nSPS) is 24.5. The highest BCUT2D eigenvalue weighted by Gasteiger charge is 2.57. The SMILES string of the molecule is CC(=O)OC[C@H]1O[C@@H](O[C@H]2[C@H](OCc3ccccc3)[C@@H](N3C(=O)c4ccccc4C3=O)C(O)O[C@@H]2COCc2ccccc2)[C@@H](OCc2ccccc2)[C@@H](OCc2ccc3ccccc3c2)[C@@H]1OCc1ccccc1. The van der Waals surface area contributed by atoms with Crippen LogP contribution in [0.15, 0.2) is 188 Å². The van der Waals surface area contributed by atoms with E-state index >= 15 is 0 Å². The number of carbonyl (C=O) groups excluding carboxylic acids is 3. The van der Waals surface area contributed by atoms with Gasteiger partial charge in [0.15, 0.2) is 12.6 Å². The third-order valence-corrected chi connectivity index (χ3v) is 13.6. The zero-order chi connectivity index (χ0) is 51.5.